The first-order chi connectivity index (χ1) is 22.3. The van der Waals surface area contributed by atoms with Gasteiger partial charge in [0, 0.05) is 23.7 Å². The highest BCUT2D eigenvalue weighted by Crippen LogP contribution is 2.75. The maximum Gasteiger partial charge on any atom is 0.309 e. The van der Waals surface area contributed by atoms with E-state index in [0.29, 0.717) is 31.3 Å². The number of hydrogen-bond acceptors (Lipinski definition) is 8. The lowest BCUT2D eigenvalue weighted by molar-refractivity contribution is -0.207. The lowest BCUT2D eigenvalue weighted by atomic mass is 9.59. The number of allylic oxidation sites excluding steroid dienone is 1. The topological polar surface area (TPSA) is 130 Å². The second-order valence-electron chi connectivity index (χ2n) is 16.2. The summed E-state index contributed by atoms with van der Waals surface area (Å²) in [7, 11) is 0. The summed E-state index contributed by atoms with van der Waals surface area (Å²) in [6.45, 7) is 9.30. The molecule has 5 aliphatic rings. The fourth-order valence-corrected chi connectivity index (χ4v) is 10.3. The molecule has 8 nitrogen and oxygen atoms in total. The van der Waals surface area contributed by atoms with Crippen LogP contribution in [0.25, 0.3) is 0 Å². The predicted molar refractivity (Wildman–Crippen MR) is 179 cm³/mol. The number of carbonyl (C=O) groups excluding carboxylic acids is 3. The predicted octanol–water partition coefficient (Wildman–Crippen LogP) is 6.53. The third-order valence-corrected chi connectivity index (χ3v) is 13.0. The van der Waals surface area contributed by atoms with Crippen LogP contribution >= 0.6 is 0 Å². The molecule has 264 valence electrons. The van der Waals surface area contributed by atoms with Crippen LogP contribution in [0.2, 0.25) is 0 Å². The van der Waals surface area contributed by atoms with Gasteiger partial charge < -0.3 is 24.8 Å². The number of unbranched alkanes of at least 4 members (excludes halogenated alkanes) is 8. The van der Waals surface area contributed by atoms with E-state index in [1.54, 1.807) is 19.1 Å². The van der Waals surface area contributed by atoms with Crippen molar-refractivity contribution in [2.75, 3.05) is 6.61 Å². The zero-order chi connectivity index (χ0) is 34.2. The van der Waals surface area contributed by atoms with E-state index in [1.807, 2.05) is 20.8 Å². The van der Waals surface area contributed by atoms with E-state index in [-0.39, 0.29) is 29.2 Å². The summed E-state index contributed by atoms with van der Waals surface area (Å²) >= 11 is 0. The molecule has 3 saturated carbocycles. The van der Waals surface area contributed by atoms with Crippen molar-refractivity contribution in [1.29, 1.82) is 0 Å². The average molecular weight is 657 g/mol. The molecule has 3 fully saturated rings. The Hall–Kier alpha value is -2.03. The van der Waals surface area contributed by atoms with Gasteiger partial charge in [-0.2, -0.15) is 0 Å². The Labute approximate surface area is 281 Å². The number of aliphatic hydroxyl groups excluding tert-OH is 2. The van der Waals surface area contributed by atoms with E-state index in [4.69, 9.17) is 9.47 Å². The molecule has 5 aliphatic carbocycles. The van der Waals surface area contributed by atoms with Crippen molar-refractivity contribution in [3.05, 3.63) is 23.3 Å². The fraction of sp³-hybridized carbons (Fsp3) is 0.821. The van der Waals surface area contributed by atoms with Crippen molar-refractivity contribution in [1.82, 2.24) is 0 Å². The van der Waals surface area contributed by atoms with E-state index >= 15 is 0 Å². The van der Waals surface area contributed by atoms with E-state index < -0.39 is 58.7 Å². The molecule has 0 heterocycles. The molecule has 2 bridgehead atoms. The summed E-state index contributed by atoms with van der Waals surface area (Å²) in [5, 5.41) is 35.2. The molecular weight excluding hydrogens is 596 g/mol. The Morgan fingerprint density at radius 1 is 0.979 bits per heavy atom. The minimum atomic E-state index is -2.22. The molecule has 0 aromatic rings. The Bertz CT molecular complexity index is 1250. The number of hydrogen-bond donors (Lipinski definition) is 3. The van der Waals surface area contributed by atoms with Gasteiger partial charge in [0.2, 0.25) is 0 Å². The molecule has 1 spiro atoms. The van der Waals surface area contributed by atoms with Gasteiger partial charge in [-0.1, -0.05) is 110 Å². The van der Waals surface area contributed by atoms with Crippen LogP contribution in [0.3, 0.4) is 0 Å². The van der Waals surface area contributed by atoms with E-state index in [2.05, 4.69) is 6.92 Å². The lowest BCUT2D eigenvalue weighted by Crippen LogP contribution is -2.66. The van der Waals surface area contributed by atoms with E-state index in [0.717, 1.165) is 38.5 Å². The van der Waals surface area contributed by atoms with Crippen molar-refractivity contribution >= 4 is 17.7 Å². The maximum atomic E-state index is 14.9. The standard InChI is InChI=1S/C39H60O8/c1-6-7-8-9-10-11-12-13-17-20-30(41)47-38-23-26(3)37-22-25(2)34(46-35(44)27-18-15-14-16-19-27)39(37,45)32(42)28(24-40)21-29(33(37)43)31(38)36(38,4)5/h21-22,26-27,29,31-32,34,40,42,45H,6-20,23-24H2,1-5H3/t26-,29+,31-,32-,34+,37+,38+,39+/m1/s1. The largest absolute Gasteiger partial charge is 0.458 e. The summed E-state index contributed by atoms with van der Waals surface area (Å²) in [6.07, 6.45) is 15.8. The Balaban J connectivity index is 1.38. The molecular formula is C39H60O8. The average Bonchev–Trinajstić information content (AvgIpc) is 3.44. The van der Waals surface area contributed by atoms with Crippen molar-refractivity contribution in [2.24, 2.45) is 34.5 Å². The normalized spacial score (nSPS) is 37.5. The van der Waals surface area contributed by atoms with E-state index in [9.17, 15) is 29.7 Å². The highest BCUT2D eigenvalue weighted by atomic mass is 16.6. The summed E-state index contributed by atoms with van der Waals surface area (Å²) in [4.78, 5) is 41.8. The van der Waals surface area contributed by atoms with Gasteiger partial charge in [-0.3, -0.25) is 14.4 Å². The number of rotatable bonds is 14. The second-order valence-corrected chi connectivity index (χ2v) is 16.2. The SMILES string of the molecule is CCCCCCCCCCCC(=O)O[C@@]12C[C@@H](C)[C@]34C=C(C)[C@H](OC(=O)C5CCCCC5)[C@@]3(O)[C@H](O)C(CO)=C[C@H](C4=O)[C@@H]1C2(C)C. The third kappa shape index (κ3) is 5.96. The number of Topliss-reactive ketones (excluding diaryl/α,β-unsaturated/α-hetero) is 1. The minimum absolute atomic E-state index is 0.126. The fourth-order valence-electron chi connectivity index (χ4n) is 10.3. The van der Waals surface area contributed by atoms with Gasteiger partial charge >= 0.3 is 11.9 Å². The van der Waals surface area contributed by atoms with E-state index in [1.165, 1.54) is 38.5 Å². The van der Waals surface area contributed by atoms with Crippen LogP contribution in [0.15, 0.2) is 23.3 Å². The van der Waals surface area contributed by atoms with Gasteiger partial charge in [-0.25, -0.2) is 0 Å². The minimum Gasteiger partial charge on any atom is -0.458 e. The molecule has 0 aliphatic heterocycles. The Morgan fingerprint density at radius 2 is 1.60 bits per heavy atom. The molecule has 0 unspecified atom stereocenters. The van der Waals surface area contributed by atoms with Crippen molar-refractivity contribution in [3.63, 3.8) is 0 Å². The van der Waals surface area contributed by atoms with Crippen molar-refractivity contribution in [3.8, 4) is 0 Å². The molecule has 8 atom stereocenters. The quantitative estimate of drug-likeness (QED) is 0.109. The number of aliphatic hydroxyl groups is 3. The van der Waals surface area contributed by atoms with Gasteiger partial charge in [0.25, 0.3) is 0 Å². The summed E-state index contributed by atoms with van der Waals surface area (Å²) < 4.78 is 12.5. The second kappa shape index (κ2) is 14.1. The Morgan fingerprint density at radius 3 is 2.21 bits per heavy atom. The molecule has 5 rings (SSSR count). The molecule has 0 amide bonds. The lowest BCUT2D eigenvalue weighted by Gasteiger charge is -2.49. The first-order valence-corrected chi connectivity index (χ1v) is 18.7. The van der Waals surface area contributed by atoms with Crippen LogP contribution in [0.4, 0.5) is 0 Å². The molecule has 3 N–H and O–H groups in total. The van der Waals surface area contributed by atoms with Crippen LogP contribution in [-0.2, 0) is 23.9 Å². The number of carbonyl (C=O) groups is 3. The summed E-state index contributed by atoms with van der Waals surface area (Å²) in [5.74, 6) is -3.01. The van der Waals surface area contributed by atoms with Crippen LogP contribution < -0.4 is 0 Å². The van der Waals surface area contributed by atoms with Gasteiger partial charge in [0.05, 0.1) is 17.9 Å². The summed E-state index contributed by atoms with van der Waals surface area (Å²) in [6, 6.07) is 0. The summed E-state index contributed by atoms with van der Waals surface area (Å²) in [5.41, 5.74) is -4.66. The molecule has 47 heavy (non-hydrogen) atoms. The van der Waals surface area contributed by atoms with Crippen LogP contribution in [0.1, 0.15) is 137 Å². The monoisotopic (exact) mass is 656 g/mol. The van der Waals surface area contributed by atoms with Gasteiger partial charge in [0.15, 0.2) is 17.5 Å². The number of esters is 2. The molecule has 0 aromatic heterocycles. The number of ketones is 1. The van der Waals surface area contributed by atoms with Gasteiger partial charge in [0.1, 0.15) is 11.7 Å². The van der Waals surface area contributed by atoms with Gasteiger partial charge in [-0.15, -0.1) is 0 Å². The number of fused-ring (bicyclic) bond motifs is 3. The molecule has 0 radical (unpaired) electrons. The van der Waals surface area contributed by atoms with Gasteiger partial charge in [-0.05, 0) is 49.7 Å². The first kappa shape index (κ1) is 36.3. The zero-order valence-corrected chi connectivity index (χ0v) is 29.5. The third-order valence-electron chi connectivity index (χ3n) is 13.0. The highest BCUT2D eigenvalue weighted by molar-refractivity contribution is 5.96. The first-order valence-electron chi connectivity index (χ1n) is 18.7. The van der Waals surface area contributed by atoms with Crippen LogP contribution in [0.5, 0.6) is 0 Å². The van der Waals surface area contributed by atoms with Crippen LogP contribution in [0, 0.1) is 34.5 Å². The smallest absolute Gasteiger partial charge is 0.309 e. The molecule has 0 saturated heterocycles. The van der Waals surface area contributed by atoms with Crippen molar-refractivity contribution < 1.29 is 39.2 Å². The highest BCUT2D eigenvalue weighted by Gasteiger charge is 2.83. The van der Waals surface area contributed by atoms with Crippen molar-refractivity contribution in [2.45, 2.75) is 161 Å². The number of ether oxygens (including phenoxy) is 2. The maximum absolute atomic E-state index is 14.9. The molecule has 0 aromatic carbocycles. The Kier molecular flexibility index (Phi) is 10.9. The zero-order valence-electron chi connectivity index (χ0n) is 29.5. The molecule has 8 heteroatoms. The van der Waals surface area contributed by atoms with Crippen LogP contribution in [-0.4, -0.2) is 63.1 Å².